The summed E-state index contributed by atoms with van der Waals surface area (Å²) in [6.07, 6.45) is 0. The Kier molecular flexibility index (Phi) is 6.60. The van der Waals surface area contributed by atoms with Gasteiger partial charge in [0.15, 0.2) is 11.6 Å². The maximum atomic E-state index is 12.2. The van der Waals surface area contributed by atoms with Gasteiger partial charge in [-0.05, 0) is 36.4 Å². The number of ketones is 2. The molecule has 0 bridgehead atoms. The van der Waals surface area contributed by atoms with Crippen molar-refractivity contribution >= 4 is 23.5 Å². The van der Waals surface area contributed by atoms with Gasteiger partial charge in [-0.25, -0.2) is 0 Å². The smallest absolute Gasteiger partial charge is 0.300 e. The van der Waals surface area contributed by atoms with E-state index in [2.05, 4.69) is 0 Å². The summed E-state index contributed by atoms with van der Waals surface area (Å²) in [6.45, 7) is 2.17. The Bertz CT molecular complexity index is 801. The first-order valence-corrected chi connectivity index (χ1v) is 7.19. The van der Waals surface area contributed by atoms with E-state index in [9.17, 15) is 19.8 Å². The third kappa shape index (κ3) is 5.17. The molecule has 136 valence electrons. The Morgan fingerprint density at radius 3 is 1.19 bits per heavy atom. The van der Waals surface area contributed by atoms with Gasteiger partial charge in [0.25, 0.3) is 11.9 Å². The number of rotatable bonds is 0. The van der Waals surface area contributed by atoms with E-state index in [1.807, 2.05) is 0 Å². The number of benzene rings is 2. The molecule has 4 N–H and O–H groups in total. The van der Waals surface area contributed by atoms with Crippen LogP contribution in [-0.4, -0.2) is 43.9 Å². The molecule has 0 unspecified atom stereocenters. The average Bonchev–Trinajstić information content (AvgIpc) is 2.51. The monoisotopic (exact) mass is 360 g/mol. The molecule has 0 spiro atoms. The Balaban J connectivity index is 0.000000360. The Labute approximate surface area is 148 Å². The minimum Gasteiger partial charge on any atom is -0.508 e. The fourth-order valence-electron chi connectivity index (χ4n) is 2.13. The number of phenolic OH excluding ortho intramolecular Hbond substituents is 2. The lowest BCUT2D eigenvalue weighted by Crippen LogP contribution is -2.20. The number of carbonyl (C=O) groups excluding carboxylic acids is 2. The molecular weight excluding hydrogens is 344 g/mol. The summed E-state index contributed by atoms with van der Waals surface area (Å²) in [7, 11) is 0. The van der Waals surface area contributed by atoms with Crippen molar-refractivity contribution in [2.75, 3.05) is 0 Å². The molecule has 0 fully saturated rings. The Morgan fingerprint density at radius 1 is 0.654 bits per heavy atom. The summed E-state index contributed by atoms with van der Waals surface area (Å²) in [6, 6.07) is 8.11. The lowest BCUT2D eigenvalue weighted by molar-refractivity contribution is -0.135. The van der Waals surface area contributed by atoms with Crippen LogP contribution in [0.25, 0.3) is 0 Å². The molecule has 0 aliphatic heterocycles. The van der Waals surface area contributed by atoms with Gasteiger partial charge >= 0.3 is 0 Å². The lowest BCUT2D eigenvalue weighted by atomic mass is 9.84. The van der Waals surface area contributed by atoms with Crippen molar-refractivity contribution in [1.82, 2.24) is 0 Å². The van der Waals surface area contributed by atoms with Crippen LogP contribution in [0.3, 0.4) is 0 Å². The molecule has 0 saturated heterocycles. The molecule has 1 aliphatic carbocycles. The second-order valence-corrected chi connectivity index (χ2v) is 5.16. The second kappa shape index (κ2) is 8.43. The minimum absolute atomic E-state index is 0.0582. The second-order valence-electron chi connectivity index (χ2n) is 5.16. The molecule has 26 heavy (non-hydrogen) atoms. The molecule has 0 radical (unpaired) electrons. The molecule has 0 heterocycles. The number of hydrogen-bond acceptors (Lipinski definition) is 6. The molecule has 0 amide bonds. The predicted molar refractivity (Wildman–Crippen MR) is 89.7 cm³/mol. The molecule has 0 aromatic heterocycles. The molecule has 1 aliphatic rings. The van der Waals surface area contributed by atoms with E-state index in [1.54, 1.807) is 0 Å². The van der Waals surface area contributed by atoms with Crippen LogP contribution < -0.4 is 0 Å². The number of carboxylic acids is 2. The van der Waals surface area contributed by atoms with Crippen LogP contribution in [0.4, 0.5) is 0 Å². The SMILES string of the molecule is CC(=O)O.CC(=O)O.O=C1c2ccc(O)cc2C(=O)c2ccc(O)cc21. The first-order valence-electron chi connectivity index (χ1n) is 7.19. The largest absolute Gasteiger partial charge is 0.508 e. The van der Waals surface area contributed by atoms with E-state index in [-0.39, 0.29) is 45.3 Å². The maximum absolute atomic E-state index is 12.2. The van der Waals surface area contributed by atoms with Gasteiger partial charge < -0.3 is 20.4 Å². The van der Waals surface area contributed by atoms with E-state index in [1.165, 1.54) is 36.4 Å². The molecule has 8 heteroatoms. The van der Waals surface area contributed by atoms with Gasteiger partial charge in [0.2, 0.25) is 0 Å². The molecule has 2 aromatic carbocycles. The summed E-state index contributed by atoms with van der Waals surface area (Å²) in [5.74, 6) is -2.43. The average molecular weight is 360 g/mol. The summed E-state index contributed by atoms with van der Waals surface area (Å²) >= 11 is 0. The van der Waals surface area contributed by atoms with Crippen LogP contribution in [0, 0.1) is 0 Å². The fraction of sp³-hybridized carbons (Fsp3) is 0.111. The van der Waals surface area contributed by atoms with Crippen LogP contribution in [0.1, 0.15) is 45.7 Å². The predicted octanol–water partition coefficient (Wildman–Crippen LogP) is 2.05. The highest BCUT2D eigenvalue weighted by molar-refractivity contribution is 6.28. The van der Waals surface area contributed by atoms with Gasteiger partial charge in [0.05, 0.1) is 0 Å². The van der Waals surface area contributed by atoms with Gasteiger partial charge in [-0.15, -0.1) is 0 Å². The third-order valence-electron chi connectivity index (χ3n) is 2.98. The zero-order chi connectivity index (χ0) is 20.0. The van der Waals surface area contributed by atoms with E-state index >= 15 is 0 Å². The lowest BCUT2D eigenvalue weighted by Gasteiger charge is -2.17. The highest BCUT2D eigenvalue weighted by atomic mass is 16.4. The van der Waals surface area contributed by atoms with E-state index in [0.29, 0.717) is 0 Å². The number of phenols is 2. The van der Waals surface area contributed by atoms with Gasteiger partial charge in [0, 0.05) is 36.1 Å². The number of carboxylic acid groups (broad SMARTS) is 2. The number of aromatic hydroxyl groups is 2. The quantitative estimate of drug-likeness (QED) is 0.476. The summed E-state index contributed by atoms with van der Waals surface area (Å²) in [4.78, 5) is 42.3. The van der Waals surface area contributed by atoms with Crippen molar-refractivity contribution in [2.45, 2.75) is 13.8 Å². The fourth-order valence-corrected chi connectivity index (χ4v) is 2.13. The Hall–Kier alpha value is -3.68. The summed E-state index contributed by atoms with van der Waals surface area (Å²) in [5.41, 5.74) is 0.878. The number of carbonyl (C=O) groups is 4. The van der Waals surface area contributed by atoms with Crippen molar-refractivity contribution in [2.24, 2.45) is 0 Å². The van der Waals surface area contributed by atoms with Crippen molar-refractivity contribution in [3.05, 3.63) is 58.7 Å². The normalized spacial score (nSPS) is 11.0. The zero-order valence-corrected chi connectivity index (χ0v) is 13.9. The van der Waals surface area contributed by atoms with E-state index < -0.39 is 11.9 Å². The van der Waals surface area contributed by atoms with Crippen LogP contribution in [0.2, 0.25) is 0 Å². The highest BCUT2D eigenvalue weighted by Gasteiger charge is 2.29. The number of aliphatic carboxylic acids is 2. The molecule has 2 aromatic rings. The summed E-state index contributed by atoms with van der Waals surface area (Å²) in [5, 5.41) is 33.6. The van der Waals surface area contributed by atoms with E-state index in [4.69, 9.17) is 19.8 Å². The maximum Gasteiger partial charge on any atom is 0.300 e. The summed E-state index contributed by atoms with van der Waals surface area (Å²) < 4.78 is 0. The standard InChI is InChI=1S/C14H8O4.2C2H4O2/c15-7-1-3-9-11(5-7)14(18)10-4-2-8(16)6-12(10)13(9)17;2*1-2(3)4/h1-6,15-16H;2*1H3,(H,3,4). The van der Waals surface area contributed by atoms with Crippen molar-refractivity contribution in [1.29, 1.82) is 0 Å². The van der Waals surface area contributed by atoms with Gasteiger partial charge in [-0.3, -0.25) is 19.2 Å². The van der Waals surface area contributed by atoms with Crippen LogP contribution in [-0.2, 0) is 9.59 Å². The third-order valence-corrected chi connectivity index (χ3v) is 2.98. The molecule has 0 atom stereocenters. The minimum atomic E-state index is -0.833. The molecule has 3 rings (SSSR count). The zero-order valence-electron chi connectivity index (χ0n) is 13.9. The molecular formula is C18H16O8. The number of fused-ring (bicyclic) bond motifs is 2. The van der Waals surface area contributed by atoms with Gasteiger partial charge in [0.1, 0.15) is 11.5 Å². The van der Waals surface area contributed by atoms with Gasteiger partial charge in [-0.2, -0.15) is 0 Å². The van der Waals surface area contributed by atoms with Crippen molar-refractivity contribution in [3.8, 4) is 11.5 Å². The first-order chi connectivity index (χ1) is 12.0. The highest BCUT2D eigenvalue weighted by Crippen LogP contribution is 2.31. The first kappa shape index (κ1) is 20.4. The van der Waals surface area contributed by atoms with Gasteiger partial charge in [-0.1, -0.05) is 0 Å². The molecule has 8 nitrogen and oxygen atoms in total. The molecule has 0 saturated carbocycles. The topological polar surface area (TPSA) is 149 Å². The van der Waals surface area contributed by atoms with Crippen molar-refractivity contribution in [3.63, 3.8) is 0 Å². The van der Waals surface area contributed by atoms with Crippen LogP contribution >= 0.6 is 0 Å². The Morgan fingerprint density at radius 2 is 0.923 bits per heavy atom. The van der Waals surface area contributed by atoms with Crippen LogP contribution in [0.15, 0.2) is 36.4 Å². The van der Waals surface area contributed by atoms with Crippen molar-refractivity contribution < 1.29 is 39.6 Å². The van der Waals surface area contributed by atoms with Crippen LogP contribution in [0.5, 0.6) is 11.5 Å². The number of hydrogen-bond donors (Lipinski definition) is 4. The van der Waals surface area contributed by atoms with E-state index in [0.717, 1.165) is 13.8 Å².